The lowest BCUT2D eigenvalue weighted by Gasteiger charge is -2.07. The van der Waals surface area contributed by atoms with Gasteiger partial charge in [-0.15, -0.1) is 0 Å². The van der Waals surface area contributed by atoms with Crippen molar-refractivity contribution in [1.82, 2.24) is 0 Å². The fraction of sp³-hybridized carbons (Fsp3) is 0.133. The van der Waals surface area contributed by atoms with Gasteiger partial charge in [-0.1, -0.05) is 23.2 Å². The number of anilines is 1. The third kappa shape index (κ3) is 3.89. The summed E-state index contributed by atoms with van der Waals surface area (Å²) in [5, 5.41) is 3.69. The van der Waals surface area contributed by atoms with Crippen LogP contribution < -0.4 is 10.1 Å². The van der Waals surface area contributed by atoms with E-state index in [-0.39, 0.29) is 5.91 Å². The van der Waals surface area contributed by atoms with Crippen molar-refractivity contribution < 1.29 is 9.53 Å². The first-order valence-corrected chi connectivity index (χ1v) is 6.84. The minimum absolute atomic E-state index is 0.230. The van der Waals surface area contributed by atoms with Crippen LogP contribution in [0, 0.1) is 0 Å². The Morgan fingerprint density at radius 3 is 2.25 bits per heavy atom. The summed E-state index contributed by atoms with van der Waals surface area (Å²) < 4.78 is 5.32. The summed E-state index contributed by atoms with van der Waals surface area (Å²) in [7, 11) is 0. The normalized spacial score (nSPS) is 10.2. The average Bonchev–Trinajstić information content (AvgIpc) is 2.38. The highest BCUT2D eigenvalue weighted by atomic mass is 35.5. The third-order valence-corrected chi connectivity index (χ3v) is 2.98. The van der Waals surface area contributed by atoms with Crippen LogP contribution in [0.1, 0.15) is 17.3 Å². The van der Waals surface area contributed by atoms with Gasteiger partial charge in [0.05, 0.1) is 6.61 Å². The first-order valence-electron chi connectivity index (χ1n) is 6.09. The van der Waals surface area contributed by atoms with Gasteiger partial charge >= 0.3 is 0 Å². The Kier molecular flexibility index (Phi) is 4.88. The van der Waals surface area contributed by atoms with Crippen molar-refractivity contribution in [3.05, 3.63) is 58.1 Å². The Balaban J connectivity index is 2.11. The molecule has 0 atom stereocenters. The highest BCUT2D eigenvalue weighted by molar-refractivity contribution is 6.35. The number of carbonyl (C=O) groups excluding carboxylic acids is 1. The van der Waals surface area contributed by atoms with Crippen LogP contribution in [0.25, 0.3) is 0 Å². The van der Waals surface area contributed by atoms with Gasteiger partial charge in [0.25, 0.3) is 5.91 Å². The van der Waals surface area contributed by atoms with E-state index >= 15 is 0 Å². The molecule has 2 aromatic rings. The van der Waals surface area contributed by atoms with E-state index in [1.54, 1.807) is 42.5 Å². The van der Waals surface area contributed by atoms with Gasteiger partial charge in [0.15, 0.2) is 0 Å². The zero-order valence-corrected chi connectivity index (χ0v) is 12.3. The molecule has 0 fully saturated rings. The molecule has 2 rings (SSSR count). The van der Waals surface area contributed by atoms with Gasteiger partial charge < -0.3 is 10.1 Å². The first-order chi connectivity index (χ1) is 9.58. The second-order valence-corrected chi connectivity index (χ2v) is 4.94. The molecule has 0 aliphatic rings. The molecule has 0 spiro atoms. The molecule has 0 saturated carbocycles. The zero-order chi connectivity index (χ0) is 14.5. The van der Waals surface area contributed by atoms with Crippen LogP contribution in [0.4, 0.5) is 5.69 Å². The Bertz CT molecular complexity index is 592. The summed E-state index contributed by atoms with van der Waals surface area (Å²) in [5.74, 6) is 0.501. The molecule has 0 aliphatic heterocycles. The van der Waals surface area contributed by atoms with Crippen molar-refractivity contribution in [2.24, 2.45) is 0 Å². The highest BCUT2D eigenvalue weighted by Crippen LogP contribution is 2.23. The molecule has 2 aromatic carbocycles. The Morgan fingerprint density at radius 1 is 1.10 bits per heavy atom. The lowest BCUT2D eigenvalue weighted by molar-refractivity contribution is 0.102. The molecule has 20 heavy (non-hydrogen) atoms. The van der Waals surface area contributed by atoms with Crippen LogP contribution in [0.2, 0.25) is 10.0 Å². The van der Waals surface area contributed by atoms with Crippen LogP contribution in [0.15, 0.2) is 42.5 Å². The Labute approximate surface area is 127 Å². The molecule has 0 heterocycles. The van der Waals surface area contributed by atoms with Gasteiger partial charge in [0.1, 0.15) is 5.75 Å². The lowest BCUT2D eigenvalue weighted by atomic mass is 10.2. The van der Waals surface area contributed by atoms with Crippen LogP contribution in [0.3, 0.4) is 0 Å². The second-order valence-electron chi connectivity index (χ2n) is 4.07. The van der Waals surface area contributed by atoms with Crippen LogP contribution in [0.5, 0.6) is 5.75 Å². The number of hydrogen-bond donors (Lipinski definition) is 1. The number of rotatable bonds is 4. The van der Waals surface area contributed by atoms with Gasteiger partial charge in [0, 0.05) is 21.3 Å². The summed E-state index contributed by atoms with van der Waals surface area (Å²) >= 11 is 11.8. The van der Waals surface area contributed by atoms with E-state index in [4.69, 9.17) is 27.9 Å². The van der Waals surface area contributed by atoms with Gasteiger partial charge in [-0.25, -0.2) is 0 Å². The summed E-state index contributed by atoms with van der Waals surface area (Å²) in [6, 6.07) is 11.8. The molecular formula is C15H13Cl2NO2. The fourth-order valence-corrected chi connectivity index (χ4v) is 2.22. The molecule has 0 radical (unpaired) electrons. The van der Waals surface area contributed by atoms with Gasteiger partial charge in [-0.3, -0.25) is 4.79 Å². The van der Waals surface area contributed by atoms with Crippen LogP contribution in [-0.4, -0.2) is 12.5 Å². The summed E-state index contributed by atoms with van der Waals surface area (Å²) in [6.45, 7) is 2.50. The Morgan fingerprint density at radius 2 is 1.70 bits per heavy atom. The quantitative estimate of drug-likeness (QED) is 0.893. The van der Waals surface area contributed by atoms with Crippen molar-refractivity contribution >= 4 is 34.8 Å². The number of benzene rings is 2. The van der Waals surface area contributed by atoms with E-state index in [2.05, 4.69) is 5.32 Å². The maximum atomic E-state index is 12.1. The van der Waals surface area contributed by atoms with E-state index in [9.17, 15) is 4.79 Å². The maximum absolute atomic E-state index is 12.1. The number of amides is 1. The van der Waals surface area contributed by atoms with E-state index in [0.29, 0.717) is 27.9 Å². The number of ether oxygens (including phenoxy) is 1. The van der Waals surface area contributed by atoms with Gasteiger partial charge in [-0.2, -0.15) is 0 Å². The standard InChI is InChI=1S/C15H13Cl2NO2/c1-2-20-14-5-3-10(4-6-14)15(19)18-13-8-11(16)7-12(17)9-13/h3-9H,2H2,1H3,(H,18,19). The number of hydrogen-bond acceptors (Lipinski definition) is 2. The minimum Gasteiger partial charge on any atom is -0.494 e. The average molecular weight is 310 g/mol. The lowest BCUT2D eigenvalue weighted by Crippen LogP contribution is -2.11. The maximum Gasteiger partial charge on any atom is 0.255 e. The van der Waals surface area contributed by atoms with Crippen LogP contribution in [-0.2, 0) is 0 Å². The van der Waals surface area contributed by atoms with E-state index in [0.717, 1.165) is 5.75 Å². The molecule has 0 aliphatic carbocycles. The van der Waals surface area contributed by atoms with Crippen molar-refractivity contribution in [2.45, 2.75) is 6.92 Å². The van der Waals surface area contributed by atoms with E-state index in [1.807, 2.05) is 6.92 Å². The molecule has 1 amide bonds. The molecule has 0 bridgehead atoms. The predicted octanol–water partition coefficient (Wildman–Crippen LogP) is 4.64. The second kappa shape index (κ2) is 6.64. The minimum atomic E-state index is -0.230. The largest absolute Gasteiger partial charge is 0.494 e. The summed E-state index contributed by atoms with van der Waals surface area (Å²) in [4.78, 5) is 12.1. The number of halogens is 2. The van der Waals surface area contributed by atoms with Crippen molar-refractivity contribution in [1.29, 1.82) is 0 Å². The van der Waals surface area contributed by atoms with Crippen LogP contribution >= 0.6 is 23.2 Å². The Hall–Kier alpha value is -1.71. The predicted molar refractivity (Wildman–Crippen MR) is 82.0 cm³/mol. The fourth-order valence-electron chi connectivity index (χ4n) is 1.70. The van der Waals surface area contributed by atoms with E-state index < -0.39 is 0 Å². The van der Waals surface area contributed by atoms with Gasteiger partial charge in [0.2, 0.25) is 0 Å². The molecule has 1 N–H and O–H groups in total. The smallest absolute Gasteiger partial charge is 0.255 e. The molecule has 0 aromatic heterocycles. The molecule has 0 saturated heterocycles. The monoisotopic (exact) mass is 309 g/mol. The zero-order valence-electron chi connectivity index (χ0n) is 10.8. The highest BCUT2D eigenvalue weighted by Gasteiger charge is 2.07. The summed E-state index contributed by atoms with van der Waals surface area (Å²) in [5.41, 5.74) is 1.09. The molecular weight excluding hydrogens is 297 g/mol. The first kappa shape index (κ1) is 14.7. The third-order valence-electron chi connectivity index (χ3n) is 2.55. The van der Waals surface area contributed by atoms with Crippen molar-refractivity contribution in [3.8, 4) is 5.75 Å². The molecule has 0 unspecified atom stereocenters. The topological polar surface area (TPSA) is 38.3 Å². The number of carbonyl (C=O) groups is 1. The molecule has 3 nitrogen and oxygen atoms in total. The summed E-state index contributed by atoms with van der Waals surface area (Å²) in [6.07, 6.45) is 0. The van der Waals surface area contributed by atoms with Crippen molar-refractivity contribution in [3.63, 3.8) is 0 Å². The molecule has 104 valence electrons. The van der Waals surface area contributed by atoms with Crippen molar-refractivity contribution in [2.75, 3.05) is 11.9 Å². The SMILES string of the molecule is CCOc1ccc(C(=O)Nc2cc(Cl)cc(Cl)c2)cc1. The van der Waals surface area contributed by atoms with Gasteiger partial charge in [-0.05, 0) is 49.4 Å². The van der Waals surface area contributed by atoms with E-state index in [1.165, 1.54) is 0 Å². The molecule has 5 heteroatoms. The number of nitrogens with one attached hydrogen (secondary N) is 1.